The minimum atomic E-state index is -0.298. The number of rotatable bonds is 3. The van der Waals surface area contributed by atoms with E-state index in [1.165, 1.54) is 0 Å². The van der Waals surface area contributed by atoms with E-state index in [0.29, 0.717) is 0 Å². The monoisotopic (exact) mass is 326 g/mol. The number of ether oxygens (including phenoxy) is 1. The van der Waals surface area contributed by atoms with Gasteiger partial charge in [0.05, 0.1) is 12.8 Å². The van der Waals surface area contributed by atoms with E-state index in [1.54, 1.807) is 7.11 Å². The van der Waals surface area contributed by atoms with Crippen LogP contribution in [-0.2, 0) is 4.79 Å². The molecule has 2 N–H and O–H groups in total. The predicted octanol–water partition coefficient (Wildman–Crippen LogP) is 2.79. The van der Waals surface area contributed by atoms with Crippen LogP contribution in [0, 0.1) is 5.41 Å². The summed E-state index contributed by atoms with van der Waals surface area (Å²) < 4.78 is 6.04. The van der Waals surface area contributed by atoms with Crippen molar-refractivity contribution < 1.29 is 9.53 Å². The topological polar surface area (TPSA) is 50.4 Å². The second-order valence-electron chi connectivity index (χ2n) is 5.11. The molecule has 1 aliphatic rings. The van der Waals surface area contributed by atoms with Crippen molar-refractivity contribution >= 4 is 27.5 Å². The zero-order chi connectivity index (χ0) is 13.9. The Morgan fingerprint density at radius 1 is 1.42 bits per heavy atom. The lowest BCUT2D eigenvalue weighted by molar-refractivity contribution is -0.126. The van der Waals surface area contributed by atoms with Gasteiger partial charge in [0.15, 0.2) is 0 Å². The average Bonchev–Trinajstić information content (AvgIpc) is 2.42. The molecule has 0 spiro atoms. The molecule has 0 saturated carbocycles. The Morgan fingerprint density at radius 3 is 2.74 bits per heavy atom. The van der Waals surface area contributed by atoms with Crippen LogP contribution in [0.5, 0.6) is 5.75 Å². The predicted molar refractivity (Wildman–Crippen MR) is 79.5 cm³/mol. The summed E-state index contributed by atoms with van der Waals surface area (Å²) in [5.41, 5.74) is 0.456. The summed E-state index contributed by atoms with van der Waals surface area (Å²) in [6.45, 7) is 3.81. The van der Waals surface area contributed by atoms with Crippen molar-refractivity contribution in [3.63, 3.8) is 0 Å². The SMILES string of the molecule is COc1ccc(Br)c(NC(=O)C2(C)CCNCC2)c1. The Kier molecular flexibility index (Phi) is 4.47. The molecule has 0 radical (unpaired) electrons. The highest BCUT2D eigenvalue weighted by Gasteiger charge is 2.34. The average molecular weight is 327 g/mol. The molecule has 0 unspecified atom stereocenters. The molecular weight excluding hydrogens is 308 g/mol. The number of halogens is 1. The van der Waals surface area contributed by atoms with Gasteiger partial charge in [-0.1, -0.05) is 6.92 Å². The molecule has 1 saturated heterocycles. The standard InChI is InChI=1S/C14H19BrN2O2/c1-14(5-7-16-8-6-14)13(18)17-12-9-10(19-2)3-4-11(12)15/h3-4,9,16H,5-8H2,1-2H3,(H,17,18). The first-order valence-corrected chi connectivity index (χ1v) is 7.20. The van der Waals surface area contributed by atoms with E-state index in [9.17, 15) is 4.79 Å². The number of anilines is 1. The molecule has 1 amide bonds. The second kappa shape index (κ2) is 5.92. The molecule has 1 aromatic carbocycles. The van der Waals surface area contributed by atoms with E-state index in [4.69, 9.17) is 4.74 Å². The fourth-order valence-electron chi connectivity index (χ4n) is 2.21. The number of hydrogen-bond acceptors (Lipinski definition) is 3. The lowest BCUT2D eigenvalue weighted by atomic mass is 9.80. The molecule has 0 aromatic heterocycles. The molecule has 1 fully saturated rings. The fourth-order valence-corrected chi connectivity index (χ4v) is 2.55. The van der Waals surface area contributed by atoms with Gasteiger partial charge in [0.2, 0.25) is 5.91 Å². The molecule has 2 rings (SSSR count). The van der Waals surface area contributed by atoms with Crippen molar-refractivity contribution in [1.29, 1.82) is 0 Å². The third-order valence-electron chi connectivity index (χ3n) is 3.68. The minimum Gasteiger partial charge on any atom is -0.497 e. The second-order valence-corrected chi connectivity index (χ2v) is 5.96. The summed E-state index contributed by atoms with van der Waals surface area (Å²) in [5, 5.41) is 6.28. The van der Waals surface area contributed by atoms with E-state index >= 15 is 0 Å². The molecule has 104 valence electrons. The minimum absolute atomic E-state index is 0.0722. The molecule has 1 aliphatic heterocycles. The number of nitrogens with one attached hydrogen (secondary N) is 2. The Morgan fingerprint density at radius 2 is 2.11 bits per heavy atom. The van der Waals surface area contributed by atoms with Crippen molar-refractivity contribution in [3.05, 3.63) is 22.7 Å². The zero-order valence-electron chi connectivity index (χ0n) is 11.3. The summed E-state index contributed by atoms with van der Waals surface area (Å²) in [5.74, 6) is 0.803. The van der Waals surface area contributed by atoms with Crippen LogP contribution in [0.15, 0.2) is 22.7 Å². The third kappa shape index (κ3) is 3.28. The Hall–Kier alpha value is -1.07. The number of carbonyl (C=O) groups excluding carboxylic acids is 1. The fraction of sp³-hybridized carbons (Fsp3) is 0.500. The summed E-state index contributed by atoms with van der Waals surface area (Å²) >= 11 is 3.45. The lowest BCUT2D eigenvalue weighted by Gasteiger charge is -2.32. The molecule has 0 atom stereocenters. The number of hydrogen-bond donors (Lipinski definition) is 2. The Bertz CT molecular complexity index is 471. The van der Waals surface area contributed by atoms with Gasteiger partial charge in [0.25, 0.3) is 0 Å². The van der Waals surface area contributed by atoms with Gasteiger partial charge in [-0.15, -0.1) is 0 Å². The van der Waals surface area contributed by atoms with Crippen molar-refractivity contribution in [1.82, 2.24) is 5.32 Å². The number of methoxy groups -OCH3 is 1. The van der Waals surface area contributed by atoms with Gasteiger partial charge in [0, 0.05) is 16.0 Å². The highest BCUT2D eigenvalue weighted by molar-refractivity contribution is 9.10. The van der Waals surface area contributed by atoms with Crippen molar-refractivity contribution in [2.24, 2.45) is 5.41 Å². The smallest absolute Gasteiger partial charge is 0.230 e. The summed E-state index contributed by atoms with van der Waals surface area (Å²) in [6.07, 6.45) is 1.72. The highest BCUT2D eigenvalue weighted by atomic mass is 79.9. The van der Waals surface area contributed by atoms with Crippen molar-refractivity contribution in [3.8, 4) is 5.75 Å². The molecule has 19 heavy (non-hydrogen) atoms. The van der Waals surface area contributed by atoms with Crippen LogP contribution in [-0.4, -0.2) is 26.1 Å². The zero-order valence-corrected chi connectivity index (χ0v) is 12.8. The molecular formula is C14H19BrN2O2. The van der Waals surface area contributed by atoms with E-state index in [0.717, 1.165) is 41.8 Å². The summed E-state index contributed by atoms with van der Waals surface area (Å²) in [7, 11) is 1.61. The highest BCUT2D eigenvalue weighted by Crippen LogP contribution is 2.32. The van der Waals surface area contributed by atoms with Crippen LogP contribution in [0.3, 0.4) is 0 Å². The van der Waals surface area contributed by atoms with Crippen LogP contribution < -0.4 is 15.4 Å². The van der Waals surface area contributed by atoms with Crippen LogP contribution in [0.4, 0.5) is 5.69 Å². The van der Waals surface area contributed by atoms with Crippen LogP contribution in [0.2, 0.25) is 0 Å². The first kappa shape index (κ1) is 14.3. The van der Waals surface area contributed by atoms with E-state index in [2.05, 4.69) is 26.6 Å². The first-order valence-electron chi connectivity index (χ1n) is 6.41. The van der Waals surface area contributed by atoms with E-state index < -0.39 is 0 Å². The van der Waals surface area contributed by atoms with Gasteiger partial charge in [-0.05, 0) is 54.0 Å². The number of amides is 1. The van der Waals surface area contributed by atoms with Gasteiger partial charge in [-0.3, -0.25) is 4.79 Å². The van der Waals surface area contributed by atoms with Gasteiger partial charge in [-0.25, -0.2) is 0 Å². The van der Waals surface area contributed by atoms with Crippen LogP contribution in [0.25, 0.3) is 0 Å². The lowest BCUT2D eigenvalue weighted by Crippen LogP contribution is -2.42. The van der Waals surface area contributed by atoms with Gasteiger partial charge < -0.3 is 15.4 Å². The van der Waals surface area contributed by atoms with Gasteiger partial charge in [0.1, 0.15) is 5.75 Å². The van der Waals surface area contributed by atoms with Crippen LogP contribution >= 0.6 is 15.9 Å². The summed E-state index contributed by atoms with van der Waals surface area (Å²) in [4.78, 5) is 12.4. The maximum atomic E-state index is 12.4. The maximum absolute atomic E-state index is 12.4. The number of carbonyl (C=O) groups is 1. The van der Waals surface area contributed by atoms with E-state index in [1.807, 2.05) is 25.1 Å². The van der Waals surface area contributed by atoms with E-state index in [-0.39, 0.29) is 11.3 Å². The number of benzene rings is 1. The molecule has 4 nitrogen and oxygen atoms in total. The molecule has 0 aliphatic carbocycles. The Balaban J connectivity index is 2.14. The van der Waals surface area contributed by atoms with Gasteiger partial charge in [-0.2, -0.15) is 0 Å². The Labute approximate surface area is 122 Å². The maximum Gasteiger partial charge on any atom is 0.230 e. The molecule has 1 aromatic rings. The van der Waals surface area contributed by atoms with Gasteiger partial charge >= 0.3 is 0 Å². The van der Waals surface area contributed by atoms with Crippen molar-refractivity contribution in [2.75, 3.05) is 25.5 Å². The quantitative estimate of drug-likeness (QED) is 0.898. The number of piperidine rings is 1. The normalized spacial score (nSPS) is 17.8. The molecule has 0 bridgehead atoms. The molecule has 5 heteroatoms. The third-order valence-corrected chi connectivity index (χ3v) is 4.37. The largest absolute Gasteiger partial charge is 0.497 e. The first-order chi connectivity index (χ1) is 9.05. The summed E-state index contributed by atoms with van der Waals surface area (Å²) in [6, 6.07) is 5.55. The molecule has 1 heterocycles. The van der Waals surface area contributed by atoms with Crippen LogP contribution in [0.1, 0.15) is 19.8 Å². The van der Waals surface area contributed by atoms with Crippen molar-refractivity contribution in [2.45, 2.75) is 19.8 Å².